The Hall–Kier alpha value is -1.90. The van der Waals surface area contributed by atoms with E-state index in [4.69, 9.17) is 9.72 Å². The molecule has 2 heterocycles. The minimum absolute atomic E-state index is 0.268. The summed E-state index contributed by atoms with van der Waals surface area (Å²) >= 11 is 5.27. The first-order valence-electron chi connectivity index (χ1n) is 10.4. The number of hydrogen-bond donors (Lipinski definition) is 0. The number of aromatic nitrogens is 1. The molecule has 1 saturated heterocycles. The van der Waals surface area contributed by atoms with Crippen LogP contribution in [0.15, 0.2) is 52.3 Å². The van der Waals surface area contributed by atoms with Crippen molar-refractivity contribution in [2.45, 2.75) is 22.6 Å². The van der Waals surface area contributed by atoms with Crippen molar-refractivity contribution >= 4 is 56.1 Å². The van der Waals surface area contributed by atoms with Gasteiger partial charge in [-0.3, -0.25) is 4.79 Å². The van der Waals surface area contributed by atoms with Crippen LogP contribution < -0.4 is 9.64 Å². The number of benzene rings is 2. The summed E-state index contributed by atoms with van der Waals surface area (Å²) in [7, 11) is 1.67. The average molecular weight is 474 g/mol. The Balaban J connectivity index is 1.22. The molecule has 5 nitrogen and oxygen atoms in total. The number of hydrogen-bond acceptors (Lipinski definition) is 7. The van der Waals surface area contributed by atoms with E-state index in [1.807, 2.05) is 17.0 Å². The second kappa shape index (κ2) is 10.6. The molecular formula is C23H27N3O2S3. The molecule has 1 fully saturated rings. The third-order valence-corrected chi connectivity index (χ3v) is 8.31. The van der Waals surface area contributed by atoms with Crippen LogP contribution in [0.2, 0.25) is 0 Å². The molecule has 0 N–H and O–H groups in total. The van der Waals surface area contributed by atoms with Gasteiger partial charge in [0.05, 0.1) is 17.3 Å². The zero-order chi connectivity index (χ0) is 21.6. The largest absolute Gasteiger partial charge is 0.497 e. The maximum Gasteiger partial charge on any atom is 0.222 e. The summed E-state index contributed by atoms with van der Waals surface area (Å²) in [5, 5.41) is 1.07. The fourth-order valence-electron chi connectivity index (χ4n) is 3.60. The first-order valence-corrected chi connectivity index (χ1v) is 13.4. The van der Waals surface area contributed by atoms with Crippen LogP contribution in [0.5, 0.6) is 5.75 Å². The average Bonchev–Trinajstić information content (AvgIpc) is 3.27. The number of carbonyl (C=O) groups excluding carboxylic acids is 1. The minimum atomic E-state index is 0.268. The summed E-state index contributed by atoms with van der Waals surface area (Å²) in [5.74, 6) is 2.08. The van der Waals surface area contributed by atoms with Crippen LogP contribution in [-0.4, -0.2) is 61.1 Å². The number of thioether (sulfide) groups is 2. The van der Waals surface area contributed by atoms with Gasteiger partial charge in [0.25, 0.3) is 0 Å². The molecule has 0 saturated carbocycles. The molecule has 0 aliphatic carbocycles. The molecule has 0 radical (unpaired) electrons. The number of thiazole rings is 1. The van der Waals surface area contributed by atoms with Crippen LogP contribution in [0.25, 0.3) is 10.2 Å². The van der Waals surface area contributed by atoms with Crippen molar-refractivity contribution in [1.29, 1.82) is 0 Å². The Morgan fingerprint density at radius 3 is 2.61 bits per heavy atom. The lowest BCUT2D eigenvalue weighted by atomic mass is 10.2. The molecule has 0 atom stereocenters. The van der Waals surface area contributed by atoms with Crippen molar-refractivity contribution in [3.05, 3.63) is 42.5 Å². The molecule has 1 aromatic heterocycles. The zero-order valence-electron chi connectivity index (χ0n) is 17.9. The molecule has 1 aliphatic rings. The molecule has 4 rings (SSSR count). The topological polar surface area (TPSA) is 45.7 Å². The van der Waals surface area contributed by atoms with Crippen molar-refractivity contribution in [3.63, 3.8) is 0 Å². The van der Waals surface area contributed by atoms with E-state index in [-0.39, 0.29) is 5.91 Å². The maximum atomic E-state index is 12.6. The number of para-hydroxylation sites is 1. The number of carbonyl (C=O) groups is 1. The quantitative estimate of drug-likeness (QED) is 0.329. The predicted octanol–water partition coefficient (Wildman–Crippen LogP) is 5.25. The second-order valence-electron chi connectivity index (χ2n) is 7.30. The highest BCUT2D eigenvalue weighted by molar-refractivity contribution is 7.99. The Labute approximate surface area is 196 Å². The third-order valence-electron chi connectivity index (χ3n) is 5.36. The molecule has 0 unspecified atom stereocenters. The SMILES string of the molecule is COc1ccc(SCCCC(=O)N2CCN(c3nc4c(SC)cccc4s3)CC2)cc1. The van der Waals surface area contributed by atoms with Crippen molar-refractivity contribution in [2.24, 2.45) is 0 Å². The zero-order valence-corrected chi connectivity index (χ0v) is 20.3. The number of nitrogens with zero attached hydrogens (tertiary/aromatic N) is 3. The summed E-state index contributed by atoms with van der Waals surface area (Å²) in [5.41, 5.74) is 1.10. The molecule has 0 spiro atoms. The Kier molecular flexibility index (Phi) is 7.63. The van der Waals surface area contributed by atoms with Crippen LogP contribution in [0.4, 0.5) is 5.13 Å². The van der Waals surface area contributed by atoms with E-state index in [2.05, 4.69) is 41.5 Å². The molecule has 3 aromatic rings. The molecule has 164 valence electrons. The van der Waals surface area contributed by atoms with Gasteiger partial charge in [0.1, 0.15) is 5.75 Å². The first-order chi connectivity index (χ1) is 15.2. The molecule has 1 aliphatic heterocycles. The summed E-state index contributed by atoms with van der Waals surface area (Å²) in [6.45, 7) is 3.24. The maximum absolute atomic E-state index is 12.6. The summed E-state index contributed by atoms with van der Waals surface area (Å²) in [4.78, 5) is 24.3. The minimum Gasteiger partial charge on any atom is -0.497 e. The number of amides is 1. The Morgan fingerprint density at radius 2 is 1.90 bits per heavy atom. The van der Waals surface area contributed by atoms with Gasteiger partial charge in [-0.2, -0.15) is 0 Å². The summed E-state index contributed by atoms with van der Waals surface area (Å²) < 4.78 is 6.42. The van der Waals surface area contributed by atoms with Gasteiger partial charge in [0.15, 0.2) is 5.13 Å². The van der Waals surface area contributed by atoms with Crippen LogP contribution >= 0.6 is 34.9 Å². The second-order valence-corrected chi connectivity index (χ2v) is 10.3. The lowest BCUT2D eigenvalue weighted by Gasteiger charge is -2.34. The third kappa shape index (κ3) is 5.48. The number of methoxy groups -OCH3 is 1. The highest BCUT2D eigenvalue weighted by Crippen LogP contribution is 2.34. The fraction of sp³-hybridized carbons (Fsp3) is 0.391. The lowest BCUT2D eigenvalue weighted by molar-refractivity contribution is -0.131. The standard InChI is InChI=1S/C23H27N3O2S3/c1-28-17-8-10-18(11-9-17)30-16-4-7-21(27)25-12-14-26(15-13-25)23-24-22-19(29-2)5-3-6-20(22)31-23/h3,5-6,8-11H,4,7,12-16H2,1-2H3. The van der Waals surface area contributed by atoms with E-state index in [1.54, 1.807) is 42.0 Å². The van der Waals surface area contributed by atoms with Gasteiger partial charge in [0.2, 0.25) is 5.91 Å². The van der Waals surface area contributed by atoms with E-state index in [0.717, 1.165) is 54.8 Å². The number of rotatable bonds is 8. The fourth-order valence-corrected chi connectivity index (χ4v) is 6.13. The van der Waals surface area contributed by atoms with E-state index >= 15 is 0 Å². The van der Waals surface area contributed by atoms with Gasteiger partial charge in [-0.1, -0.05) is 17.4 Å². The van der Waals surface area contributed by atoms with Crippen LogP contribution in [0.3, 0.4) is 0 Å². The Bertz CT molecular complexity index is 1010. The molecule has 8 heteroatoms. The van der Waals surface area contributed by atoms with Gasteiger partial charge in [-0.15, -0.1) is 23.5 Å². The molecule has 1 amide bonds. The van der Waals surface area contributed by atoms with Gasteiger partial charge in [-0.05, 0) is 54.8 Å². The number of fused-ring (bicyclic) bond motifs is 1. The number of ether oxygens (including phenoxy) is 1. The van der Waals surface area contributed by atoms with Gasteiger partial charge >= 0.3 is 0 Å². The van der Waals surface area contributed by atoms with E-state index in [9.17, 15) is 4.79 Å². The van der Waals surface area contributed by atoms with Crippen LogP contribution in [0, 0.1) is 0 Å². The smallest absolute Gasteiger partial charge is 0.222 e. The van der Waals surface area contributed by atoms with Gasteiger partial charge in [-0.25, -0.2) is 4.98 Å². The highest BCUT2D eigenvalue weighted by atomic mass is 32.2. The predicted molar refractivity (Wildman–Crippen MR) is 133 cm³/mol. The number of anilines is 1. The molecule has 0 bridgehead atoms. The molecule has 2 aromatic carbocycles. The van der Waals surface area contributed by atoms with Gasteiger partial charge in [0, 0.05) is 42.4 Å². The van der Waals surface area contributed by atoms with Crippen molar-refractivity contribution in [1.82, 2.24) is 9.88 Å². The van der Waals surface area contributed by atoms with Crippen LogP contribution in [0.1, 0.15) is 12.8 Å². The summed E-state index contributed by atoms with van der Waals surface area (Å²) in [6, 6.07) is 14.4. The first kappa shape index (κ1) is 22.3. The molecular weight excluding hydrogens is 446 g/mol. The number of piperazine rings is 1. The van der Waals surface area contributed by atoms with Gasteiger partial charge < -0.3 is 14.5 Å². The monoisotopic (exact) mass is 473 g/mol. The lowest BCUT2D eigenvalue weighted by Crippen LogP contribution is -2.48. The van der Waals surface area contributed by atoms with Crippen molar-refractivity contribution in [2.75, 3.05) is 50.2 Å². The van der Waals surface area contributed by atoms with E-state index < -0.39 is 0 Å². The van der Waals surface area contributed by atoms with E-state index in [0.29, 0.717) is 6.42 Å². The highest BCUT2D eigenvalue weighted by Gasteiger charge is 2.23. The molecule has 31 heavy (non-hydrogen) atoms. The summed E-state index contributed by atoms with van der Waals surface area (Å²) in [6.07, 6.45) is 3.60. The van der Waals surface area contributed by atoms with Crippen molar-refractivity contribution in [3.8, 4) is 5.75 Å². The van der Waals surface area contributed by atoms with Crippen molar-refractivity contribution < 1.29 is 9.53 Å². The Morgan fingerprint density at radius 1 is 1.13 bits per heavy atom. The van der Waals surface area contributed by atoms with E-state index in [1.165, 1.54) is 14.5 Å². The normalized spacial score (nSPS) is 14.3. The van der Waals surface area contributed by atoms with Crippen LogP contribution in [-0.2, 0) is 4.79 Å².